The van der Waals surface area contributed by atoms with Gasteiger partial charge in [0.05, 0.1) is 5.56 Å². The molecule has 0 saturated carbocycles. The van der Waals surface area contributed by atoms with Gasteiger partial charge in [-0.3, -0.25) is 9.59 Å². The number of alkyl halides is 4. The van der Waals surface area contributed by atoms with Crippen molar-refractivity contribution in [3.63, 3.8) is 0 Å². The van der Waals surface area contributed by atoms with Gasteiger partial charge in [0.25, 0.3) is 5.91 Å². The summed E-state index contributed by atoms with van der Waals surface area (Å²) in [7, 11) is 0. The first kappa shape index (κ1) is 17.8. The van der Waals surface area contributed by atoms with E-state index in [0.29, 0.717) is 5.69 Å². The summed E-state index contributed by atoms with van der Waals surface area (Å²) >= 11 is 5.36. The summed E-state index contributed by atoms with van der Waals surface area (Å²) in [6.45, 7) is 0. The smallest absolute Gasteiger partial charge is 0.325 e. The zero-order valence-corrected chi connectivity index (χ0v) is 12.9. The maximum Gasteiger partial charge on any atom is 0.416 e. The number of carbonyl (C=O) groups is 2. The molecule has 0 spiro atoms. The van der Waals surface area contributed by atoms with Gasteiger partial charge in [0.15, 0.2) is 0 Å². The minimum Gasteiger partial charge on any atom is -0.325 e. The average molecular weight is 357 g/mol. The standard InChI is InChI=1S/C16H12ClF3N2O2/c17-9-14(23)21-12-6-4-10(5-7-12)15(24)22-13-3-1-2-11(8-13)16(18,19)20/h1-8H,9H2,(H,21,23)(H,22,24). The van der Waals surface area contributed by atoms with Crippen LogP contribution in [0.15, 0.2) is 48.5 Å². The minimum atomic E-state index is -4.48. The fourth-order valence-electron chi connectivity index (χ4n) is 1.88. The van der Waals surface area contributed by atoms with Gasteiger partial charge in [-0.2, -0.15) is 13.2 Å². The molecule has 2 aromatic rings. The number of nitrogens with one attached hydrogen (secondary N) is 2. The molecule has 0 fully saturated rings. The molecule has 0 atom stereocenters. The molecule has 2 rings (SSSR count). The Morgan fingerprint density at radius 2 is 1.62 bits per heavy atom. The van der Waals surface area contributed by atoms with E-state index in [1.807, 2.05) is 0 Å². The predicted molar refractivity (Wildman–Crippen MR) is 85.2 cm³/mol. The van der Waals surface area contributed by atoms with Crippen LogP contribution in [0, 0.1) is 0 Å². The van der Waals surface area contributed by atoms with Gasteiger partial charge >= 0.3 is 6.18 Å². The highest BCUT2D eigenvalue weighted by molar-refractivity contribution is 6.29. The zero-order chi connectivity index (χ0) is 17.7. The van der Waals surface area contributed by atoms with E-state index >= 15 is 0 Å². The SMILES string of the molecule is O=C(CCl)Nc1ccc(C(=O)Nc2cccc(C(F)(F)F)c2)cc1. The van der Waals surface area contributed by atoms with Gasteiger partial charge in [-0.15, -0.1) is 11.6 Å². The molecule has 8 heteroatoms. The Morgan fingerprint density at radius 3 is 2.21 bits per heavy atom. The lowest BCUT2D eigenvalue weighted by atomic mass is 10.1. The van der Waals surface area contributed by atoms with Crippen LogP contribution in [0.1, 0.15) is 15.9 Å². The Morgan fingerprint density at radius 1 is 0.958 bits per heavy atom. The van der Waals surface area contributed by atoms with Crippen molar-refractivity contribution in [3.8, 4) is 0 Å². The fourth-order valence-corrected chi connectivity index (χ4v) is 1.94. The van der Waals surface area contributed by atoms with Gasteiger partial charge in [0, 0.05) is 16.9 Å². The highest BCUT2D eigenvalue weighted by atomic mass is 35.5. The number of amides is 2. The molecule has 0 aromatic heterocycles. The van der Waals surface area contributed by atoms with Gasteiger partial charge in [-0.05, 0) is 42.5 Å². The molecule has 0 radical (unpaired) electrons. The van der Waals surface area contributed by atoms with E-state index in [0.717, 1.165) is 12.1 Å². The lowest BCUT2D eigenvalue weighted by Crippen LogP contribution is -2.14. The van der Waals surface area contributed by atoms with E-state index in [4.69, 9.17) is 11.6 Å². The molecule has 0 aliphatic rings. The molecule has 0 aliphatic carbocycles. The Kier molecular flexibility index (Phi) is 5.46. The number of hydrogen-bond donors (Lipinski definition) is 2. The van der Waals surface area contributed by atoms with Crippen molar-refractivity contribution in [2.24, 2.45) is 0 Å². The van der Waals surface area contributed by atoms with Gasteiger partial charge < -0.3 is 10.6 Å². The molecule has 4 nitrogen and oxygen atoms in total. The highest BCUT2D eigenvalue weighted by Crippen LogP contribution is 2.30. The number of halogens is 4. The summed E-state index contributed by atoms with van der Waals surface area (Å²) in [5.41, 5.74) is -0.124. The summed E-state index contributed by atoms with van der Waals surface area (Å²) in [5, 5.41) is 4.90. The van der Waals surface area contributed by atoms with Gasteiger partial charge in [-0.1, -0.05) is 6.07 Å². The van der Waals surface area contributed by atoms with Crippen molar-refractivity contribution in [1.82, 2.24) is 0 Å². The molecule has 0 aliphatic heterocycles. The third-order valence-corrected chi connectivity index (χ3v) is 3.24. The second kappa shape index (κ2) is 7.35. The zero-order valence-electron chi connectivity index (χ0n) is 12.2. The molecular weight excluding hydrogens is 345 g/mol. The van der Waals surface area contributed by atoms with E-state index < -0.39 is 23.6 Å². The van der Waals surface area contributed by atoms with Crippen LogP contribution in [0.4, 0.5) is 24.5 Å². The Hall–Kier alpha value is -2.54. The van der Waals surface area contributed by atoms with E-state index in [1.54, 1.807) is 0 Å². The second-order valence-electron chi connectivity index (χ2n) is 4.79. The number of hydrogen-bond acceptors (Lipinski definition) is 2. The van der Waals surface area contributed by atoms with Crippen LogP contribution in [0.25, 0.3) is 0 Å². The van der Waals surface area contributed by atoms with Crippen LogP contribution in [-0.4, -0.2) is 17.7 Å². The van der Waals surface area contributed by atoms with Crippen LogP contribution >= 0.6 is 11.6 Å². The first-order valence-corrected chi connectivity index (χ1v) is 7.27. The van der Waals surface area contributed by atoms with Crippen molar-refractivity contribution in [2.45, 2.75) is 6.18 Å². The lowest BCUT2D eigenvalue weighted by molar-refractivity contribution is -0.137. The summed E-state index contributed by atoms with van der Waals surface area (Å²) in [5.74, 6) is -1.15. The van der Waals surface area contributed by atoms with Gasteiger partial charge in [0.2, 0.25) is 5.91 Å². The molecule has 0 heterocycles. The molecule has 0 unspecified atom stereocenters. The van der Waals surface area contributed by atoms with Crippen LogP contribution in [-0.2, 0) is 11.0 Å². The molecule has 24 heavy (non-hydrogen) atoms. The fraction of sp³-hybridized carbons (Fsp3) is 0.125. The number of anilines is 2. The first-order valence-electron chi connectivity index (χ1n) is 6.74. The molecule has 2 N–H and O–H groups in total. The molecule has 2 aromatic carbocycles. The van der Waals surface area contributed by atoms with Crippen molar-refractivity contribution >= 4 is 34.8 Å². The predicted octanol–water partition coefficient (Wildman–Crippen LogP) is 4.14. The molecule has 0 saturated heterocycles. The van der Waals surface area contributed by atoms with Gasteiger partial charge in [-0.25, -0.2) is 0 Å². The number of rotatable bonds is 4. The van der Waals surface area contributed by atoms with E-state index in [2.05, 4.69) is 10.6 Å². The Labute approximate surface area is 140 Å². The largest absolute Gasteiger partial charge is 0.416 e. The quantitative estimate of drug-likeness (QED) is 0.809. The number of benzene rings is 2. The summed E-state index contributed by atoms with van der Waals surface area (Å²) in [4.78, 5) is 23.2. The van der Waals surface area contributed by atoms with E-state index in [9.17, 15) is 22.8 Å². The topological polar surface area (TPSA) is 58.2 Å². The maximum atomic E-state index is 12.6. The maximum absolute atomic E-state index is 12.6. The van der Waals surface area contributed by atoms with Crippen molar-refractivity contribution in [3.05, 3.63) is 59.7 Å². The average Bonchev–Trinajstić information content (AvgIpc) is 2.54. The highest BCUT2D eigenvalue weighted by Gasteiger charge is 2.30. The first-order chi connectivity index (χ1) is 11.3. The minimum absolute atomic E-state index is 0.0364. The third-order valence-electron chi connectivity index (χ3n) is 3.00. The number of carbonyl (C=O) groups excluding carboxylic acids is 2. The third kappa shape index (κ3) is 4.73. The summed E-state index contributed by atoms with van der Waals surface area (Å²) < 4.78 is 37.9. The monoisotopic (exact) mass is 356 g/mol. The lowest BCUT2D eigenvalue weighted by Gasteiger charge is -2.10. The van der Waals surface area contributed by atoms with Crippen molar-refractivity contribution in [1.29, 1.82) is 0 Å². The van der Waals surface area contributed by atoms with E-state index in [-0.39, 0.29) is 17.1 Å². The van der Waals surface area contributed by atoms with Crippen LogP contribution in [0.5, 0.6) is 0 Å². The van der Waals surface area contributed by atoms with Gasteiger partial charge in [0.1, 0.15) is 5.88 Å². The summed E-state index contributed by atoms with van der Waals surface area (Å²) in [6.07, 6.45) is -4.48. The molecular formula is C16H12ClF3N2O2. The molecule has 126 valence electrons. The van der Waals surface area contributed by atoms with Crippen LogP contribution in [0.2, 0.25) is 0 Å². The summed E-state index contributed by atoms with van der Waals surface area (Å²) in [6, 6.07) is 10.2. The van der Waals surface area contributed by atoms with Crippen LogP contribution < -0.4 is 10.6 Å². The van der Waals surface area contributed by atoms with Crippen molar-refractivity contribution < 1.29 is 22.8 Å². The van der Waals surface area contributed by atoms with Crippen LogP contribution in [0.3, 0.4) is 0 Å². The molecule has 2 amide bonds. The van der Waals surface area contributed by atoms with Crippen molar-refractivity contribution in [2.75, 3.05) is 16.5 Å². The van der Waals surface area contributed by atoms with E-state index in [1.165, 1.54) is 36.4 Å². The Bertz CT molecular complexity index is 746. The Balaban J connectivity index is 2.08. The normalized spacial score (nSPS) is 11.0. The molecule has 0 bridgehead atoms. The second-order valence-corrected chi connectivity index (χ2v) is 5.06.